The number of hydrogen-bond donors (Lipinski definition) is 1. The zero-order chi connectivity index (χ0) is 14.0. The minimum atomic E-state index is -0.960. The van der Waals surface area contributed by atoms with Gasteiger partial charge in [0.05, 0.1) is 0 Å². The predicted molar refractivity (Wildman–Crippen MR) is 72.2 cm³/mol. The number of aliphatic carboxylic acids is 1. The van der Waals surface area contributed by atoms with Crippen LogP contribution in [-0.4, -0.2) is 35.0 Å². The Balaban J connectivity index is 2.18. The van der Waals surface area contributed by atoms with Crippen molar-refractivity contribution in [3.05, 3.63) is 34.9 Å². The molecule has 1 aliphatic carbocycles. The molecule has 0 saturated heterocycles. The van der Waals surface area contributed by atoms with E-state index in [-0.39, 0.29) is 12.5 Å². The third-order valence-corrected chi connectivity index (χ3v) is 3.26. The summed E-state index contributed by atoms with van der Waals surface area (Å²) in [7, 11) is 0. The van der Waals surface area contributed by atoms with E-state index in [1.165, 1.54) is 4.90 Å². The van der Waals surface area contributed by atoms with Crippen LogP contribution in [0.2, 0.25) is 0 Å². The average Bonchev–Trinajstić information content (AvgIpc) is 3.09. The average molecular weight is 261 g/mol. The van der Waals surface area contributed by atoms with Gasteiger partial charge in [0.1, 0.15) is 6.54 Å². The lowest BCUT2D eigenvalue weighted by molar-refractivity contribution is -0.137. The molecule has 0 spiro atoms. The molecule has 1 amide bonds. The first-order valence-electron chi connectivity index (χ1n) is 6.55. The number of benzene rings is 1. The maximum absolute atomic E-state index is 12.4. The first kappa shape index (κ1) is 13.6. The van der Waals surface area contributed by atoms with E-state index in [0.29, 0.717) is 18.0 Å². The lowest BCUT2D eigenvalue weighted by Crippen LogP contribution is -2.37. The first-order valence-corrected chi connectivity index (χ1v) is 6.55. The summed E-state index contributed by atoms with van der Waals surface area (Å²) in [6, 6.07) is 5.63. The van der Waals surface area contributed by atoms with E-state index in [4.69, 9.17) is 5.11 Å². The van der Waals surface area contributed by atoms with Crippen molar-refractivity contribution >= 4 is 11.9 Å². The topological polar surface area (TPSA) is 57.6 Å². The Morgan fingerprint density at radius 2 is 1.79 bits per heavy atom. The van der Waals surface area contributed by atoms with Gasteiger partial charge in [-0.1, -0.05) is 17.2 Å². The largest absolute Gasteiger partial charge is 0.480 e. The van der Waals surface area contributed by atoms with Gasteiger partial charge >= 0.3 is 5.97 Å². The Bertz CT molecular complexity index is 486. The third-order valence-electron chi connectivity index (χ3n) is 3.26. The zero-order valence-corrected chi connectivity index (χ0v) is 11.3. The second kappa shape index (κ2) is 5.43. The van der Waals surface area contributed by atoms with Gasteiger partial charge in [-0.05, 0) is 44.7 Å². The van der Waals surface area contributed by atoms with Gasteiger partial charge in [-0.3, -0.25) is 9.59 Å². The molecule has 102 valence electrons. The van der Waals surface area contributed by atoms with Crippen molar-refractivity contribution in [2.75, 3.05) is 13.1 Å². The van der Waals surface area contributed by atoms with Crippen molar-refractivity contribution in [2.45, 2.75) is 26.7 Å². The molecule has 0 aliphatic heterocycles. The number of aryl methyl sites for hydroxylation is 2. The summed E-state index contributed by atoms with van der Waals surface area (Å²) >= 11 is 0. The van der Waals surface area contributed by atoms with Gasteiger partial charge in [-0.25, -0.2) is 0 Å². The van der Waals surface area contributed by atoms with Crippen molar-refractivity contribution in [1.82, 2.24) is 4.90 Å². The second-order valence-corrected chi connectivity index (χ2v) is 5.40. The minimum Gasteiger partial charge on any atom is -0.480 e. The third kappa shape index (κ3) is 3.81. The molecule has 0 aromatic heterocycles. The van der Waals surface area contributed by atoms with Crippen molar-refractivity contribution in [3.8, 4) is 0 Å². The fraction of sp³-hybridized carbons (Fsp3) is 0.467. The molecule has 1 fully saturated rings. The zero-order valence-electron chi connectivity index (χ0n) is 11.3. The summed E-state index contributed by atoms with van der Waals surface area (Å²) in [4.78, 5) is 24.8. The number of hydrogen-bond acceptors (Lipinski definition) is 2. The summed E-state index contributed by atoms with van der Waals surface area (Å²) in [6.45, 7) is 4.21. The molecular weight excluding hydrogens is 242 g/mol. The van der Waals surface area contributed by atoms with Crippen LogP contribution >= 0.6 is 0 Å². The van der Waals surface area contributed by atoms with E-state index >= 15 is 0 Å². The van der Waals surface area contributed by atoms with Crippen LogP contribution in [0.25, 0.3) is 0 Å². The van der Waals surface area contributed by atoms with Crippen molar-refractivity contribution in [1.29, 1.82) is 0 Å². The molecule has 0 radical (unpaired) electrons. The monoisotopic (exact) mass is 261 g/mol. The molecule has 4 nitrogen and oxygen atoms in total. The second-order valence-electron chi connectivity index (χ2n) is 5.40. The van der Waals surface area contributed by atoms with Gasteiger partial charge in [0.2, 0.25) is 0 Å². The smallest absolute Gasteiger partial charge is 0.323 e. The molecular formula is C15H19NO3. The molecule has 4 heteroatoms. The van der Waals surface area contributed by atoms with Gasteiger partial charge in [0.25, 0.3) is 5.91 Å². The van der Waals surface area contributed by atoms with Crippen LogP contribution in [0, 0.1) is 19.8 Å². The lowest BCUT2D eigenvalue weighted by Gasteiger charge is -2.21. The highest BCUT2D eigenvalue weighted by molar-refractivity contribution is 5.96. The number of carboxylic acid groups (broad SMARTS) is 1. The Morgan fingerprint density at radius 3 is 2.26 bits per heavy atom. The van der Waals surface area contributed by atoms with Crippen LogP contribution in [0.15, 0.2) is 18.2 Å². The first-order chi connectivity index (χ1) is 8.95. The van der Waals surface area contributed by atoms with E-state index in [1.54, 1.807) is 0 Å². The summed E-state index contributed by atoms with van der Waals surface area (Å²) < 4.78 is 0. The van der Waals surface area contributed by atoms with E-state index < -0.39 is 5.97 Å². The molecule has 2 rings (SSSR count). The van der Waals surface area contributed by atoms with Crippen LogP contribution in [0.5, 0.6) is 0 Å². The highest BCUT2D eigenvalue weighted by Gasteiger charge is 2.28. The SMILES string of the molecule is Cc1cc(C)cc(C(=O)N(CC(=O)O)CC2CC2)c1. The highest BCUT2D eigenvalue weighted by Crippen LogP contribution is 2.30. The predicted octanol–water partition coefficient (Wildman–Crippen LogP) is 2.24. The van der Waals surface area contributed by atoms with Gasteiger partial charge < -0.3 is 10.0 Å². The maximum Gasteiger partial charge on any atom is 0.323 e. The summed E-state index contributed by atoms with van der Waals surface area (Å²) in [6.07, 6.45) is 2.19. The number of carbonyl (C=O) groups excluding carboxylic acids is 1. The number of amides is 1. The van der Waals surface area contributed by atoms with E-state index in [1.807, 2.05) is 32.0 Å². The van der Waals surface area contributed by atoms with E-state index in [9.17, 15) is 9.59 Å². The van der Waals surface area contributed by atoms with E-state index in [0.717, 1.165) is 24.0 Å². The van der Waals surface area contributed by atoms with Gasteiger partial charge in [-0.2, -0.15) is 0 Å². The molecule has 0 atom stereocenters. The van der Waals surface area contributed by atoms with Crippen molar-refractivity contribution < 1.29 is 14.7 Å². The fourth-order valence-electron chi connectivity index (χ4n) is 2.28. The molecule has 0 bridgehead atoms. The van der Waals surface area contributed by atoms with Crippen LogP contribution < -0.4 is 0 Å². The highest BCUT2D eigenvalue weighted by atomic mass is 16.4. The summed E-state index contributed by atoms with van der Waals surface area (Å²) in [5, 5.41) is 8.93. The van der Waals surface area contributed by atoms with Gasteiger partial charge in [0.15, 0.2) is 0 Å². The molecule has 1 aromatic rings. The Morgan fingerprint density at radius 1 is 1.21 bits per heavy atom. The van der Waals surface area contributed by atoms with Crippen LogP contribution in [0.3, 0.4) is 0 Å². The van der Waals surface area contributed by atoms with Crippen molar-refractivity contribution in [2.24, 2.45) is 5.92 Å². The quantitative estimate of drug-likeness (QED) is 0.884. The molecule has 1 saturated carbocycles. The number of carbonyl (C=O) groups is 2. The van der Waals surface area contributed by atoms with Crippen molar-refractivity contribution in [3.63, 3.8) is 0 Å². The van der Waals surface area contributed by atoms with Crippen LogP contribution in [0.1, 0.15) is 34.3 Å². The number of rotatable bonds is 5. The molecule has 0 heterocycles. The molecule has 19 heavy (non-hydrogen) atoms. The Hall–Kier alpha value is -1.84. The molecule has 1 aromatic carbocycles. The van der Waals surface area contributed by atoms with Gasteiger partial charge in [0, 0.05) is 12.1 Å². The van der Waals surface area contributed by atoms with E-state index in [2.05, 4.69) is 0 Å². The summed E-state index contributed by atoms with van der Waals surface area (Å²) in [5.41, 5.74) is 2.62. The number of nitrogens with zero attached hydrogens (tertiary/aromatic N) is 1. The fourth-order valence-corrected chi connectivity index (χ4v) is 2.28. The molecule has 1 aliphatic rings. The minimum absolute atomic E-state index is 0.180. The Kier molecular flexibility index (Phi) is 3.88. The normalized spacial score (nSPS) is 14.2. The maximum atomic E-state index is 12.4. The Labute approximate surface area is 113 Å². The van der Waals surface area contributed by atoms with Crippen LogP contribution in [0.4, 0.5) is 0 Å². The van der Waals surface area contributed by atoms with Crippen LogP contribution in [-0.2, 0) is 4.79 Å². The standard InChI is InChI=1S/C15H19NO3/c1-10-5-11(2)7-13(6-10)15(19)16(9-14(17)18)8-12-3-4-12/h5-7,12H,3-4,8-9H2,1-2H3,(H,17,18). The lowest BCUT2D eigenvalue weighted by atomic mass is 10.1. The molecule has 0 unspecified atom stereocenters. The summed E-state index contributed by atoms with van der Waals surface area (Å²) in [5.74, 6) is -0.659. The molecule has 1 N–H and O–H groups in total. The van der Waals surface area contributed by atoms with Gasteiger partial charge in [-0.15, -0.1) is 0 Å². The number of carboxylic acids is 1.